The summed E-state index contributed by atoms with van der Waals surface area (Å²) in [6.07, 6.45) is 0. The number of anilines is 1. The molecule has 0 saturated carbocycles. The number of piperazine rings is 1. The Bertz CT molecular complexity index is 1470. The molecule has 2 atom stereocenters. The molecule has 3 aromatic rings. The Morgan fingerprint density at radius 1 is 1.00 bits per heavy atom. The molecule has 0 unspecified atom stereocenters. The van der Waals surface area contributed by atoms with E-state index >= 15 is 0 Å². The van der Waals surface area contributed by atoms with E-state index in [1.165, 1.54) is 30.3 Å². The number of halogens is 4. The molecular weight excluding hydrogens is 573 g/mol. The number of carbonyl (C=O) groups is 3. The van der Waals surface area contributed by atoms with Crippen LogP contribution in [0.15, 0.2) is 60.7 Å². The predicted octanol–water partition coefficient (Wildman–Crippen LogP) is 4.39. The van der Waals surface area contributed by atoms with Crippen molar-refractivity contribution in [1.82, 2.24) is 9.80 Å². The summed E-state index contributed by atoms with van der Waals surface area (Å²) in [5, 5.41) is 0.116. The second kappa shape index (κ2) is 13.4. The van der Waals surface area contributed by atoms with E-state index in [4.69, 9.17) is 22.1 Å². The molecule has 1 heterocycles. The number of imide groups is 1. The van der Waals surface area contributed by atoms with Crippen molar-refractivity contribution in [2.24, 2.45) is 5.73 Å². The van der Waals surface area contributed by atoms with Gasteiger partial charge in [0.15, 0.2) is 18.2 Å². The molecule has 2 N–H and O–H groups in total. The summed E-state index contributed by atoms with van der Waals surface area (Å²) in [7, 11) is 0. The molecule has 12 heteroatoms. The predicted molar refractivity (Wildman–Crippen MR) is 152 cm³/mol. The summed E-state index contributed by atoms with van der Waals surface area (Å²) < 4.78 is 47.4. The van der Waals surface area contributed by atoms with Gasteiger partial charge in [-0.05, 0) is 61.9 Å². The van der Waals surface area contributed by atoms with Crippen molar-refractivity contribution in [2.75, 3.05) is 31.1 Å². The highest BCUT2D eigenvalue weighted by Crippen LogP contribution is 2.33. The Hall–Kier alpha value is -3.93. The third kappa shape index (κ3) is 6.92. The van der Waals surface area contributed by atoms with Crippen molar-refractivity contribution in [2.45, 2.75) is 32.5 Å². The van der Waals surface area contributed by atoms with Crippen LogP contribution < -0.4 is 15.4 Å². The van der Waals surface area contributed by atoms with Gasteiger partial charge in [0.25, 0.3) is 11.8 Å². The first kappa shape index (κ1) is 31.0. The smallest absolute Gasteiger partial charge is 0.268 e. The molecule has 1 fully saturated rings. The minimum atomic E-state index is -1.43. The van der Waals surface area contributed by atoms with Crippen LogP contribution >= 0.6 is 11.6 Å². The van der Waals surface area contributed by atoms with E-state index in [2.05, 4.69) is 4.90 Å². The Balaban J connectivity index is 1.51. The van der Waals surface area contributed by atoms with Crippen LogP contribution in [0.4, 0.5) is 18.9 Å². The number of amides is 3. The SMILES string of the molecule is C[C@@H]1CN(Cc2ccc(F)cc2)[C@@H](C)CN1C(=O)COc1ccc(Cl)cc1N(C(=O)CN)C(=O)c1cccc(F)c1F. The average molecular weight is 603 g/mol. The Morgan fingerprint density at radius 2 is 1.71 bits per heavy atom. The van der Waals surface area contributed by atoms with Crippen LogP contribution in [0.5, 0.6) is 5.75 Å². The van der Waals surface area contributed by atoms with Gasteiger partial charge in [-0.25, -0.2) is 18.1 Å². The average Bonchev–Trinajstić information content (AvgIpc) is 2.96. The van der Waals surface area contributed by atoms with E-state index in [1.54, 1.807) is 17.0 Å². The van der Waals surface area contributed by atoms with Crippen LogP contribution in [0.2, 0.25) is 5.02 Å². The number of benzene rings is 3. The third-order valence-corrected chi connectivity index (χ3v) is 7.29. The zero-order chi connectivity index (χ0) is 30.6. The van der Waals surface area contributed by atoms with Crippen LogP contribution in [0, 0.1) is 17.5 Å². The fourth-order valence-electron chi connectivity index (χ4n) is 4.84. The fraction of sp³-hybridized carbons (Fsp3) is 0.300. The van der Waals surface area contributed by atoms with Gasteiger partial charge in [-0.15, -0.1) is 0 Å². The molecule has 8 nitrogen and oxygen atoms in total. The van der Waals surface area contributed by atoms with Crippen molar-refractivity contribution in [3.8, 4) is 5.75 Å². The summed E-state index contributed by atoms with van der Waals surface area (Å²) in [6, 6.07) is 13.2. The molecule has 0 spiro atoms. The largest absolute Gasteiger partial charge is 0.482 e. The van der Waals surface area contributed by atoms with Gasteiger partial charge in [0, 0.05) is 36.7 Å². The fourth-order valence-corrected chi connectivity index (χ4v) is 5.00. The van der Waals surface area contributed by atoms with E-state index in [9.17, 15) is 27.6 Å². The van der Waals surface area contributed by atoms with Crippen LogP contribution in [0.1, 0.15) is 29.8 Å². The van der Waals surface area contributed by atoms with Crippen molar-refractivity contribution < 1.29 is 32.3 Å². The molecule has 0 aromatic heterocycles. The number of carbonyl (C=O) groups excluding carboxylic acids is 3. The standard InChI is InChI=1S/C30H30ClF3N4O4/c1-18-15-37(19(2)14-36(18)16-20-6-9-22(32)10-7-20)28(40)17-42-26-11-8-21(31)12-25(26)38(27(39)13-35)30(41)23-4-3-5-24(33)29(23)34/h3-12,18-19H,13-17,35H2,1-2H3/t18-,19+/m0/s1. The molecule has 0 radical (unpaired) electrons. The van der Waals surface area contributed by atoms with Gasteiger partial charge in [0.2, 0.25) is 5.91 Å². The van der Waals surface area contributed by atoms with Crippen LogP contribution in [0.25, 0.3) is 0 Å². The first-order valence-corrected chi connectivity index (χ1v) is 13.6. The lowest BCUT2D eigenvalue weighted by Gasteiger charge is -2.44. The second-order valence-corrected chi connectivity index (χ2v) is 10.5. The highest BCUT2D eigenvalue weighted by Gasteiger charge is 2.33. The minimum absolute atomic E-state index is 0.00208. The van der Waals surface area contributed by atoms with Crippen LogP contribution in [-0.2, 0) is 16.1 Å². The van der Waals surface area contributed by atoms with Gasteiger partial charge >= 0.3 is 0 Å². The van der Waals surface area contributed by atoms with Gasteiger partial charge in [0.1, 0.15) is 11.6 Å². The summed E-state index contributed by atoms with van der Waals surface area (Å²) in [6.45, 7) is 4.41. The first-order chi connectivity index (χ1) is 20.0. The minimum Gasteiger partial charge on any atom is -0.482 e. The summed E-state index contributed by atoms with van der Waals surface area (Å²) in [5.74, 6) is -5.51. The molecule has 0 bridgehead atoms. The molecule has 3 amide bonds. The molecule has 4 rings (SSSR count). The van der Waals surface area contributed by atoms with E-state index in [1.807, 2.05) is 13.8 Å². The lowest BCUT2D eigenvalue weighted by Crippen LogP contribution is -2.58. The normalized spacial score (nSPS) is 17.2. The molecule has 0 aliphatic carbocycles. The van der Waals surface area contributed by atoms with Gasteiger partial charge < -0.3 is 15.4 Å². The monoisotopic (exact) mass is 602 g/mol. The third-order valence-electron chi connectivity index (χ3n) is 7.06. The molecule has 1 saturated heterocycles. The molecule has 222 valence electrons. The maximum absolute atomic E-state index is 14.5. The Kier molecular flexibility index (Phi) is 9.87. The number of nitrogens with two attached hydrogens (primary N) is 1. The van der Waals surface area contributed by atoms with E-state index in [0.29, 0.717) is 24.5 Å². The first-order valence-electron chi connectivity index (χ1n) is 13.2. The summed E-state index contributed by atoms with van der Waals surface area (Å²) >= 11 is 6.15. The number of ether oxygens (including phenoxy) is 1. The summed E-state index contributed by atoms with van der Waals surface area (Å²) in [5.41, 5.74) is 5.62. The summed E-state index contributed by atoms with van der Waals surface area (Å²) in [4.78, 5) is 43.8. The van der Waals surface area contributed by atoms with Gasteiger partial charge in [-0.1, -0.05) is 29.8 Å². The van der Waals surface area contributed by atoms with Gasteiger partial charge in [-0.3, -0.25) is 19.3 Å². The molecule has 42 heavy (non-hydrogen) atoms. The van der Waals surface area contributed by atoms with Crippen molar-refractivity contribution >= 4 is 35.0 Å². The highest BCUT2D eigenvalue weighted by atomic mass is 35.5. The molecule has 1 aliphatic rings. The van der Waals surface area contributed by atoms with Gasteiger partial charge in [0.05, 0.1) is 17.8 Å². The number of hydrogen-bond donors (Lipinski definition) is 1. The Labute approximate surface area is 246 Å². The lowest BCUT2D eigenvalue weighted by atomic mass is 10.1. The second-order valence-electron chi connectivity index (χ2n) is 10.0. The zero-order valence-electron chi connectivity index (χ0n) is 23.0. The maximum Gasteiger partial charge on any atom is 0.268 e. The highest BCUT2D eigenvalue weighted by molar-refractivity contribution is 6.31. The van der Waals surface area contributed by atoms with E-state index in [-0.39, 0.29) is 40.3 Å². The maximum atomic E-state index is 14.5. The van der Waals surface area contributed by atoms with Crippen LogP contribution in [-0.4, -0.2) is 65.8 Å². The van der Waals surface area contributed by atoms with Crippen LogP contribution in [0.3, 0.4) is 0 Å². The lowest BCUT2D eigenvalue weighted by molar-refractivity contribution is -0.139. The Morgan fingerprint density at radius 3 is 2.40 bits per heavy atom. The molecule has 1 aliphatic heterocycles. The van der Waals surface area contributed by atoms with Crippen molar-refractivity contribution in [1.29, 1.82) is 0 Å². The van der Waals surface area contributed by atoms with E-state index in [0.717, 1.165) is 23.8 Å². The zero-order valence-corrected chi connectivity index (χ0v) is 23.8. The number of rotatable bonds is 8. The van der Waals surface area contributed by atoms with Gasteiger partial charge in [-0.2, -0.15) is 0 Å². The number of nitrogens with zero attached hydrogens (tertiary/aromatic N) is 3. The molecular formula is C30H30ClF3N4O4. The quantitative estimate of drug-likeness (QED) is 0.411. The molecule has 3 aromatic carbocycles. The topological polar surface area (TPSA) is 96.2 Å². The van der Waals surface area contributed by atoms with Crippen molar-refractivity contribution in [3.63, 3.8) is 0 Å². The van der Waals surface area contributed by atoms with E-state index < -0.39 is 42.2 Å². The van der Waals surface area contributed by atoms with Crippen molar-refractivity contribution in [3.05, 3.63) is 94.3 Å². The number of hydrogen-bond acceptors (Lipinski definition) is 6.